The molecule has 1 rings (SSSR count). The molecule has 2 N–H and O–H groups in total. The van der Waals surface area contributed by atoms with Gasteiger partial charge in [-0.1, -0.05) is 26.8 Å². The summed E-state index contributed by atoms with van der Waals surface area (Å²) >= 11 is 0. The second kappa shape index (κ2) is 7.49. The van der Waals surface area contributed by atoms with Crippen molar-refractivity contribution in [2.75, 3.05) is 11.9 Å². The molecule has 2 unspecified atom stereocenters. The van der Waals surface area contributed by atoms with Crippen molar-refractivity contribution in [3.8, 4) is 0 Å². The maximum atomic E-state index is 5.97. The lowest BCUT2D eigenvalue weighted by Crippen LogP contribution is -2.30. The average molecular weight is 263 g/mol. The predicted molar refractivity (Wildman–Crippen MR) is 83.5 cm³/mol. The van der Waals surface area contributed by atoms with E-state index in [0.717, 1.165) is 18.7 Å². The van der Waals surface area contributed by atoms with Gasteiger partial charge in [0.25, 0.3) is 0 Å². The van der Waals surface area contributed by atoms with E-state index in [4.69, 9.17) is 5.73 Å². The maximum Gasteiger partial charge on any atom is 0.128 e. The van der Waals surface area contributed by atoms with E-state index < -0.39 is 0 Å². The van der Waals surface area contributed by atoms with E-state index in [1.54, 1.807) is 0 Å². The van der Waals surface area contributed by atoms with Crippen molar-refractivity contribution in [2.45, 2.75) is 59.0 Å². The van der Waals surface area contributed by atoms with E-state index in [0.29, 0.717) is 12.0 Å². The Morgan fingerprint density at radius 3 is 2.42 bits per heavy atom. The third-order valence-electron chi connectivity index (χ3n) is 3.67. The number of nitrogens with two attached hydrogens (primary N) is 1. The molecule has 0 aromatic carbocycles. The molecule has 0 spiro atoms. The third kappa shape index (κ3) is 5.19. The smallest absolute Gasteiger partial charge is 0.128 e. The molecule has 0 saturated heterocycles. The van der Waals surface area contributed by atoms with Crippen LogP contribution in [0.4, 0.5) is 5.82 Å². The molecular formula is C16H29N3. The molecule has 0 fully saturated rings. The van der Waals surface area contributed by atoms with E-state index in [2.05, 4.69) is 56.8 Å². The first-order valence-corrected chi connectivity index (χ1v) is 7.37. The summed E-state index contributed by atoms with van der Waals surface area (Å²) in [4.78, 5) is 6.82. The molecule has 3 nitrogen and oxygen atoms in total. The SMILES string of the molecule is CCC(N)Cc1ccc(N(C)C(C)CC(C)C)nc1. The van der Waals surface area contributed by atoms with Crippen LogP contribution in [0.5, 0.6) is 0 Å². The first kappa shape index (κ1) is 16.0. The number of aromatic nitrogens is 1. The van der Waals surface area contributed by atoms with Gasteiger partial charge in [0.15, 0.2) is 0 Å². The highest BCUT2D eigenvalue weighted by molar-refractivity contribution is 5.39. The Morgan fingerprint density at radius 1 is 1.26 bits per heavy atom. The second-order valence-electron chi connectivity index (χ2n) is 5.99. The summed E-state index contributed by atoms with van der Waals surface area (Å²) < 4.78 is 0. The fourth-order valence-electron chi connectivity index (χ4n) is 2.26. The van der Waals surface area contributed by atoms with Crippen LogP contribution in [0.15, 0.2) is 18.3 Å². The van der Waals surface area contributed by atoms with Crippen molar-refractivity contribution in [1.29, 1.82) is 0 Å². The molecule has 0 saturated carbocycles. The van der Waals surface area contributed by atoms with Crippen LogP contribution in [0.3, 0.4) is 0 Å². The largest absolute Gasteiger partial charge is 0.357 e. The molecule has 0 aliphatic carbocycles. The predicted octanol–water partition coefficient (Wildman–Crippen LogP) is 3.23. The number of anilines is 1. The Labute approximate surface area is 118 Å². The highest BCUT2D eigenvalue weighted by Crippen LogP contribution is 2.17. The molecule has 0 bridgehead atoms. The Bertz CT molecular complexity index is 359. The van der Waals surface area contributed by atoms with Crippen LogP contribution in [0.2, 0.25) is 0 Å². The number of nitrogens with zero attached hydrogens (tertiary/aromatic N) is 2. The van der Waals surface area contributed by atoms with Crippen LogP contribution < -0.4 is 10.6 Å². The van der Waals surface area contributed by atoms with Gasteiger partial charge in [-0.3, -0.25) is 0 Å². The van der Waals surface area contributed by atoms with Gasteiger partial charge < -0.3 is 10.6 Å². The van der Waals surface area contributed by atoms with E-state index in [-0.39, 0.29) is 6.04 Å². The molecule has 2 atom stereocenters. The van der Waals surface area contributed by atoms with Crippen molar-refractivity contribution < 1.29 is 0 Å². The van der Waals surface area contributed by atoms with Crippen molar-refractivity contribution in [2.24, 2.45) is 11.7 Å². The zero-order chi connectivity index (χ0) is 14.4. The zero-order valence-corrected chi connectivity index (χ0v) is 13.1. The lowest BCUT2D eigenvalue weighted by molar-refractivity contribution is 0.502. The van der Waals surface area contributed by atoms with E-state index in [9.17, 15) is 0 Å². The van der Waals surface area contributed by atoms with Gasteiger partial charge >= 0.3 is 0 Å². The van der Waals surface area contributed by atoms with E-state index >= 15 is 0 Å². The lowest BCUT2D eigenvalue weighted by atomic mass is 10.0. The van der Waals surface area contributed by atoms with Crippen molar-refractivity contribution in [3.05, 3.63) is 23.9 Å². The minimum atomic E-state index is 0.241. The Balaban J connectivity index is 2.64. The number of hydrogen-bond donors (Lipinski definition) is 1. The molecule has 1 aromatic heterocycles. The van der Waals surface area contributed by atoms with Crippen LogP contribution in [0.25, 0.3) is 0 Å². The zero-order valence-electron chi connectivity index (χ0n) is 13.1. The minimum Gasteiger partial charge on any atom is -0.357 e. The first-order chi connectivity index (χ1) is 8.93. The van der Waals surface area contributed by atoms with Gasteiger partial charge in [-0.2, -0.15) is 0 Å². The Kier molecular flexibility index (Phi) is 6.29. The molecule has 0 aliphatic rings. The average Bonchev–Trinajstić information content (AvgIpc) is 2.37. The molecular weight excluding hydrogens is 234 g/mol. The van der Waals surface area contributed by atoms with Gasteiger partial charge in [0, 0.05) is 25.3 Å². The summed E-state index contributed by atoms with van der Waals surface area (Å²) in [6.45, 7) is 8.89. The van der Waals surface area contributed by atoms with E-state index in [1.165, 1.54) is 12.0 Å². The minimum absolute atomic E-state index is 0.241. The summed E-state index contributed by atoms with van der Waals surface area (Å²) in [6.07, 6.45) is 5.06. The number of pyridine rings is 1. The van der Waals surface area contributed by atoms with Gasteiger partial charge in [0.1, 0.15) is 5.82 Å². The molecule has 108 valence electrons. The summed E-state index contributed by atoms with van der Waals surface area (Å²) in [5.41, 5.74) is 7.19. The first-order valence-electron chi connectivity index (χ1n) is 7.37. The van der Waals surface area contributed by atoms with E-state index in [1.807, 2.05) is 6.20 Å². The van der Waals surface area contributed by atoms with Crippen LogP contribution >= 0.6 is 0 Å². The maximum absolute atomic E-state index is 5.97. The van der Waals surface area contributed by atoms with Crippen molar-refractivity contribution >= 4 is 5.82 Å². The Morgan fingerprint density at radius 2 is 1.95 bits per heavy atom. The van der Waals surface area contributed by atoms with Crippen molar-refractivity contribution in [3.63, 3.8) is 0 Å². The number of rotatable bonds is 7. The van der Waals surface area contributed by atoms with Crippen LogP contribution in [-0.2, 0) is 6.42 Å². The Hall–Kier alpha value is -1.09. The molecule has 1 heterocycles. The van der Waals surface area contributed by atoms with Crippen LogP contribution in [-0.4, -0.2) is 24.1 Å². The van der Waals surface area contributed by atoms with Gasteiger partial charge in [-0.25, -0.2) is 4.98 Å². The molecule has 19 heavy (non-hydrogen) atoms. The molecule has 3 heteroatoms. The standard InChI is InChI=1S/C16H29N3/c1-6-15(17)10-14-7-8-16(18-11-14)19(5)13(4)9-12(2)3/h7-8,11-13,15H,6,9-10,17H2,1-5H3. The summed E-state index contributed by atoms with van der Waals surface area (Å²) in [7, 11) is 2.12. The van der Waals surface area contributed by atoms with Crippen LogP contribution in [0.1, 0.15) is 46.1 Å². The van der Waals surface area contributed by atoms with Gasteiger partial charge in [0.05, 0.1) is 0 Å². The highest BCUT2D eigenvalue weighted by Gasteiger charge is 2.12. The molecule has 0 aliphatic heterocycles. The molecule has 0 radical (unpaired) electrons. The fraction of sp³-hybridized carbons (Fsp3) is 0.688. The third-order valence-corrected chi connectivity index (χ3v) is 3.67. The van der Waals surface area contributed by atoms with Gasteiger partial charge in [0.2, 0.25) is 0 Å². The summed E-state index contributed by atoms with van der Waals surface area (Å²) in [6, 6.07) is 5.01. The monoisotopic (exact) mass is 263 g/mol. The lowest BCUT2D eigenvalue weighted by Gasteiger charge is -2.27. The summed E-state index contributed by atoms with van der Waals surface area (Å²) in [5.74, 6) is 1.75. The molecule has 1 aromatic rings. The molecule has 0 amide bonds. The second-order valence-corrected chi connectivity index (χ2v) is 5.99. The van der Waals surface area contributed by atoms with Gasteiger partial charge in [-0.05, 0) is 43.7 Å². The van der Waals surface area contributed by atoms with Gasteiger partial charge in [-0.15, -0.1) is 0 Å². The quantitative estimate of drug-likeness (QED) is 0.821. The number of hydrogen-bond acceptors (Lipinski definition) is 3. The van der Waals surface area contributed by atoms with Crippen molar-refractivity contribution in [1.82, 2.24) is 4.98 Å². The highest BCUT2D eigenvalue weighted by atomic mass is 15.2. The topological polar surface area (TPSA) is 42.1 Å². The normalized spacial score (nSPS) is 14.5. The summed E-state index contributed by atoms with van der Waals surface area (Å²) in [5, 5.41) is 0. The fourth-order valence-corrected chi connectivity index (χ4v) is 2.26. The van der Waals surface area contributed by atoms with Crippen LogP contribution in [0, 0.1) is 5.92 Å².